The minimum atomic E-state index is -1.82. The van der Waals surface area contributed by atoms with E-state index in [1.807, 2.05) is 0 Å². The fourth-order valence-corrected chi connectivity index (χ4v) is 2.77. The van der Waals surface area contributed by atoms with Gasteiger partial charge < -0.3 is 4.74 Å². The highest BCUT2D eigenvalue weighted by molar-refractivity contribution is 7.85. The van der Waals surface area contributed by atoms with Crippen LogP contribution in [0.4, 0.5) is 8.78 Å². The minimum Gasteiger partial charge on any atom is -0.469 e. The number of esters is 1. The zero-order valence-corrected chi connectivity index (χ0v) is 11.1. The van der Waals surface area contributed by atoms with Crippen LogP contribution in [0.25, 0.3) is 0 Å². The van der Waals surface area contributed by atoms with Gasteiger partial charge in [0.15, 0.2) is 0 Å². The molecule has 6 heteroatoms. The number of ether oxygens (including phenoxy) is 1. The molecule has 0 saturated carbocycles. The Morgan fingerprint density at radius 3 is 2.50 bits per heavy atom. The first-order valence-electron chi connectivity index (χ1n) is 5.32. The summed E-state index contributed by atoms with van der Waals surface area (Å²) in [7, 11) is -0.599. The Bertz CT molecular complexity index is 476. The maximum atomic E-state index is 13.5. The van der Waals surface area contributed by atoms with Crippen LogP contribution in [0.2, 0.25) is 0 Å². The quantitative estimate of drug-likeness (QED) is 0.792. The normalized spacial score (nSPS) is 15.8. The average Bonchev–Trinajstić information content (AvgIpc) is 2.38. The average molecular weight is 276 g/mol. The van der Waals surface area contributed by atoms with Crippen molar-refractivity contribution in [1.29, 1.82) is 0 Å². The topological polar surface area (TPSA) is 43.4 Å². The van der Waals surface area contributed by atoms with Crippen LogP contribution < -0.4 is 0 Å². The highest BCUT2D eigenvalue weighted by Gasteiger charge is 2.28. The van der Waals surface area contributed by atoms with Gasteiger partial charge in [0.25, 0.3) is 0 Å². The number of hydrogen-bond donors (Lipinski definition) is 0. The lowest BCUT2D eigenvalue weighted by Crippen LogP contribution is -2.28. The van der Waals surface area contributed by atoms with Crippen LogP contribution in [-0.2, 0) is 20.3 Å². The zero-order chi connectivity index (χ0) is 13.9. The van der Waals surface area contributed by atoms with E-state index in [1.165, 1.54) is 21.0 Å². The number of rotatable bonds is 4. The summed E-state index contributed by atoms with van der Waals surface area (Å²) < 4.78 is 43.1. The molecule has 18 heavy (non-hydrogen) atoms. The van der Waals surface area contributed by atoms with Gasteiger partial charge >= 0.3 is 5.97 Å². The van der Waals surface area contributed by atoms with E-state index in [0.29, 0.717) is 0 Å². The van der Waals surface area contributed by atoms with Crippen molar-refractivity contribution in [2.75, 3.05) is 7.11 Å². The third-order valence-electron chi connectivity index (χ3n) is 2.72. The number of carbonyl (C=O) groups is 1. The van der Waals surface area contributed by atoms with Gasteiger partial charge in [0, 0.05) is 5.25 Å². The van der Waals surface area contributed by atoms with Crippen LogP contribution in [0.15, 0.2) is 23.1 Å². The van der Waals surface area contributed by atoms with Crippen molar-refractivity contribution >= 4 is 16.8 Å². The fraction of sp³-hybridized carbons (Fsp3) is 0.417. The Morgan fingerprint density at radius 2 is 1.94 bits per heavy atom. The van der Waals surface area contributed by atoms with Crippen LogP contribution in [-0.4, -0.2) is 22.5 Å². The van der Waals surface area contributed by atoms with Gasteiger partial charge in [-0.1, -0.05) is 6.92 Å². The highest BCUT2D eigenvalue weighted by atomic mass is 32.2. The summed E-state index contributed by atoms with van der Waals surface area (Å²) >= 11 is 0. The molecule has 0 amide bonds. The van der Waals surface area contributed by atoms with Crippen molar-refractivity contribution in [2.45, 2.75) is 24.0 Å². The molecule has 0 radical (unpaired) electrons. The smallest absolute Gasteiger partial charge is 0.309 e. The second-order valence-electron chi connectivity index (χ2n) is 3.89. The summed E-state index contributed by atoms with van der Waals surface area (Å²) in [5, 5.41) is -0.672. The molecule has 0 aromatic heterocycles. The van der Waals surface area contributed by atoms with Crippen molar-refractivity contribution in [2.24, 2.45) is 5.92 Å². The van der Waals surface area contributed by atoms with Gasteiger partial charge in [-0.2, -0.15) is 0 Å². The van der Waals surface area contributed by atoms with E-state index < -0.39 is 39.6 Å². The fourth-order valence-electron chi connectivity index (χ4n) is 1.39. The largest absolute Gasteiger partial charge is 0.469 e. The molecule has 0 fully saturated rings. The monoisotopic (exact) mass is 276 g/mol. The Labute approximate surface area is 107 Å². The summed E-state index contributed by atoms with van der Waals surface area (Å²) in [6, 6.07) is 2.74. The van der Waals surface area contributed by atoms with E-state index in [1.54, 1.807) is 0 Å². The minimum absolute atomic E-state index is 0.238. The number of methoxy groups -OCH3 is 1. The molecule has 1 rings (SSSR count). The van der Waals surface area contributed by atoms with E-state index in [2.05, 4.69) is 4.74 Å². The first-order chi connectivity index (χ1) is 8.38. The Hall–Kier alpha value is -1.30. The molecule has 1 aromatic carbocycles. The van der Waals surface area contributed by atoms with Gasteiger partial charge in [0.1, 0.15) is 11.6 Å². The summed E-state index contributed by atoms with van der Waals surface area (Å²) in [6.07, 6.45) is 0. The second kappa shape index (κ2) is 6.04. The third kappa shape index (κ3) is 3.13. The van der Waals surface area contributed by atoms with E-state index in [4.69, 9.17) is 0 Å². The molecule has 3 nitrogen and oxygen atoms in total. The van der Waals surface area contributed by atoms with Crippen LogP contribution in [0.1, 0.15) is 13.8 Å². The summed E-state index contributed by atoms with van der Waals surface area (Å²) in [5.41, 5.74) is 0. The van der Waals surface area contributed by atoms with Crippen molar-refractivity contribution in [1.82, 2.24) is 0 Å². The molecular weight excluding hydrogens is 262 g/mol. The number of halogens is 2. The van der Waals surface area contributed by atoms with Gasteiger partial charge in [0.2, 0.25) is 0 Å². The van der Waals surface area contributed by atoms with Crippen LogP contribution in [0.5, 0.6) is 0 Å². The summed E-state index contributed by atoms with van der Waals surface area (Å²) in [6.45, 7) is 3.06. The molecule has 0 aliphatic carbocycles. The highest BCUT2D eigenvalue weighted by Crippen LogP contribution is 2.21. The molecule has 0 saturated heterocycles. The van der Waals surface area contributed by atoms with Crippen LogP contribution >= 0.6 is 0 Å². The molecule has 0 N–H and O–H groups in total. The lowest BCUT2D eigenvalue weighted by atomic mass is 10.1. The molecule has 0 aliphatic heterocycles. The molecule has 0 heterocycles. The van der Waals surface area contributed by atoms with E-state index in [-0.39, 0.29) is 4.90 Å². The van der Waals surface area contributed by atoms with E-state index in [9.17, 15) is 17.8 Å². The summed E-state index contributed by atoms with van der Waals surface area (Å²) in [5.74, 6) is -2.62. The third-order valence-corrected chi connectivity index (χ3v) is 4.55. The van der Waals surface area contributed by atoms with Crippen LogP contribution in [0, 0.1) is 17.6 Å². The Kier molecular flexibility index (Phi) is 4.95. The van der Waals surface area contributed by atoms with E-state index in [0.717, 1.165) is 18.2 Å². The summed E-state index contributed by atoms with van der Waals surface area (Å²) in [4.78, 5) is 11.1. The van der Waals surface area contributed by atoms with E-state index >= 15 is 0 Å². The lowest BCUT2D eigenvalue weighted by Gasteiger charge is -2.17. The SMILES string of the molecule is COC(=O)C(C)C(C)S(=O)c1cc(F)ccc1F. The predicted molar refractivity (Wildman–Crippen MR) is 63.4 cm³/mol. The zero-order valence-electron chi connectivity index (χ0n) is 10.3. The number of hydrogen-bond acceptors (Lipinski definition) is 3. The first-order valence-corrected chi connectivity index (χ1v) is 6.53. The van der Waals surface area contributed by atoms with Crippen LogP contribution in [0.3, 0.4) is 0 Å². The molecular formula is C12H14F2O3S. The van der Waals surface area contributed by atoms with Crippen molar-refractivity contribution in [3.05, 3.63) is 29.8 Å². The molecule has 0 aliphatic rings. The number of carbonyl (C=O) groups excluding carboxylic acids is 1. The number of benzene rings is 1. The van der Waals surface area contributed by atoms with Crippen molar-refractivity contribution < 1.29 is 22.5 Å². The van der Waals surface area contributed by atoms with Gasteiger partial charge in [0.05, 0.1) is 28.7 Å². The molecule has 1 aromatic rings. The molecule has 100 valence electrons. The first kappa shape index (κ1) is 14.8. The predicted octanol–water partition coefficient (Wildman–Crippen LogP) is 2.27. The molecule has 0 bridgehead atoms. The molecule has 3 unspecified atom stereocenters. The lowest BCUT2D eigenvalue weighted by molar-refractivity contribution is -0.144. The maximum Gasteiger partial charge on any atom is 0.309 e. The van der Waals surface area contributed by atoms with Gasteiger partial charge in [-0.15, -0.1) is 0 Å². The van der Waals surface area contributed by atoms with Gasteiger partial charge in [-0.3, -0.25) is 9.00 Å². The standard InChI is InChI=1S/C12H14F2O3S/c1-7(12(15)17-3)8(2)18(16)11-6-9(13)4-5-10(11)14/h4-8H,1-3H3. The van der Waals surface area contributed by atoms with Gasteiger partial charge in [-0.25, -0.2) is 8.78 Å². The molecule has 0 spiro atoms. The maximum absolute atomic E-state index is 13.5. The Morgan fingerprint density at radius 1 is 1.33 bits per heavy atom. The van der Waals surface area contributed by atoms with Crippen molar-refractivity contribution in [3.63, 3.8) is 0 Å². The molecule has 3 atom stereocenters. The second-order valence-corrected chi connectivity index (χ2v) is 5.67. The van der Waals surface area contributed by atoms with Crippen molar-refractivity contribution in [3.8, 4) is 0 Å². The Balaban J connectivity index is 3.00. The van der Waals surface area contributed by atoms with Gasteiger partial charge in [-0.05, 0) is 25.1 Å².